The first-order chi connectivity index (χ1) is 18.2. The minimum atomic E-state index is -1.27. The number of anilines is 2. The first-order valence-electron chi connectivity index (χ1n) is 11.7. The molecular formula is C25H26Cl3F2N5O4. The van der Waals surface area contributed by atoms with Crippen LogP contribution in [0.2, 0.25) is 5.02 Å². The Morgan fingerprint density at radius 2 is 1.74 bits per heavy atom. The van der Waals surface area contributed by atoms with Crippen LogP contribution in [0.3, 0.4) is 0 Å². The van der Waals surface area contributed by atoms with Crippen LogP contribution in [-0.4, -0.2) is 34.1 Å². The average molecular weight is 605 g/mol. The number of amides is 2. The average Bonchev–Trinajstić information content (AvgIpc) is 3.15. The summed E-state index contributed by atoms with van der Waals surface area (Å²) in [5, 5.41) is 7.14. The van der Waals surface area contributed by atoms with E-state index in [2.05, 4.69) is 16.1 Å². The van der Waals surface area contributed by atoms with Gasteiger partial charge >= 0.3 is 5.97 Å². The topological polar surface area (TPSA) is 103 Å². The summed E-state index contributed by atoms with van der Waals surface area (Å²) in [6, 6.07) is 6.34. The van der Waals surface area contributed by atoms with Crippen molar-refractivity contribution in [1.29, 1.82) is 0 Å². The Kier molecular flexibility index (Phi) is 10.0. The largest absolute Gasteiger partial charge is 0.458 e. The minimum Gasteiger partial charge on any atom is -0.458 e. The first kappa shape index (κ1) is 30.4. The van der Waals surface area contributed by atoms with E-state index in [9.17, 15) is 23.2 Å². The van der Waals surface area contributed by atoms with Crippen LogP contribution in [0.5, 0.6) is 0 Å². The van der Waals surface area contributed by atoms with Gasteiger partial charge in [-0.25, -0.2) is 18.6 Å². The van der Waals surface area contributed by atoms with Crippen molar-refractivity contribution in [3.8, 4) is 0 Å². The van der Waals surface area contributed by atoms with E-state index in [1.807, 2.05) is 0 Å². The number of rotatable bonds is 9. The number of carbonyl (C=O) groups is 3. The molecule has 0 saturated heterocycles. The molecule has 9 nitrogen and oxygen atoms in total. The van der Waals surface area contributed by atoms with E-state index < -0.39 is 41.1 Å². The van der Waals surface area contributed by atoms with Gasteiger partial charge in [0.15, 0.2) is 0 Å². The second-order valence-corrected chi connectivity index (χ2v) is 10.7. The number of nitrogens with zero attached hydrogens (tertiary/aromatic N) is 2. The summed E-state index contributed by atoms with van der Waals surface area (Å²) < 4.78 is 34.0. The van der Waals surface area contributed by atoms with Gasteiger partial charge in [-0.05, 0) is 55.2 Å². The predicted molar refractivity (Wildman–Crippen MR) is 144 cm³/mol. The van der Waals surface area contributed by atoms with Crippen LogP contribution in [0.25, 0.3) is 0 Å². The van der Waals surface area contributed by atoms with Gasteiger partial charge in [-0.3, -0.25) is 15.0 Å². The summed E-state index contributed by atoms with van der Waals surface area (Å²) in [5.74, 6) is -3.63. The standard InChI is InChI=1S/C25H26Cl3F2N5O4/c1-25(2,3)39-24(38)19(10-14-4-6-16(29)12-17(14)30)32-23(37)9-8-22(36)31-18-11-15(26)5-7-20(18)34-13-21(27)33-35(34)28/h4-7,11-13,19,33H,8-10H2,1-3H3,(H,31,36)(H,32,37). The molecule has 39 heavy (non-hydrogen) atoms. The minimum absolute atomic E-state index is 0.0117. The predicted octanol–water partition coefficient (Wildman–Crippen LogP) is 5.14. The SMILES string of the molecule is CC(C)(C)OC(=O)C(Cc1ccc(F)cc1F)NC(=O)CCC(=O)Nc1cc(Cl)ccc1N1C=C(Cl)NN1Cl. The molecule has 0 aliphatic carbocycles. The molecule has 0 fully saturated rings. The Bertz CT molecular complexity index is 1290. The van der Waals surface area contributed by atoms with Crippen molar-refractivity contribution in [3.05, 3.63) is 70.0 Å². The van der Waals surface area contributed by atoms with Crippen LogP contribution in [0, 0.1) is 11.6 Å². The van der Waals surface area contributed by atoms with Gasteiger partial charge in [0, 0.05) is 42.1 Å². The van der Waals surface area contributed by atoms with Crippen LogP contribution >= 0.6 is 35.0 Å². The van der Waals surface area contributed by atoms with E-state index >= 15 is 0 Å². The molecule has 0 saturated carbocycles. The van der Waals surface area contributed by atoms with Crippen LogP contribution in [0.1, 0.15) is 39.2 Å². The number of nitrogens with one attached hydrogen (secondary N) is 3. The summed E-state index contributed by atoms with van der Waals surface area (Å²) in [4.78, 5) is 38.1. The van der Waals surface area contributed by atoms with Crippen molar-refractivity contribution in [2.75, 3.05) is 10.3 Å². The van der Waals surface area contributed by atoms with Crippen molar-refractivity contribution in [1.82, 2.24) is 15.4 Å². The van der Waals surface area contributed by atoms with Crippen molar-refractivity contribution < 1.29 is 27.9 Å². The molecule has 2 aromatic rings. The van der Waals surface area contributed by atoms with Crippen molar-refractivity contribution >= 4 is 64.1 Å². The monoisotopic (exact) mass is 603 g/mol. The smallest absolute Gasteiger partial charge is 0.329 e. The zero-order valence-electron chi connectivity index (χ0n) is 21.2. The highest BCUT2D eigenvalue weighted by Gasteiger charge is 2.28. The van der Waals surface area contributed by atoms with E-state index in [-0.39, 0.29) is 30.0 Å². The lowest BCUT2D eigenvalue weighted by molar-refractivity contribution is -0.158. The number of benzene rings is 2. The third-order valence-corrected chi connectivity index (χ3v) is 5.81. The number of hydrogen-bond acceptors (Lipinski definition) is 7. The number of hydrazine groups is 2. The van der Waals surface area contributed by atoms with Crippen LogP contribution in [0.15, 0.2) is 47.8 Å². The molecule has 14 heteroatoms. The molecule has 0 aromatic heterocycles. The van der Waals surface area contributed by atoms with Gasteiger partial charge in [0.2, 0.25) is 11.8 Å². The van der Waals surface area contributed by atoms with Gasteiger partial charge in [-0.2, -0.15) is 0 Å². The maximum atomic E-state index is 14.2. The molecule has 3 N–H and O–H groups in total. The molecule has 210 valence electrons. The fourth-order valence-corrected chi connectivity index (χ4v) is 4.08. The molecule has 1 unspecified atom stereocenters. The fraction of sp³-hybridized carbons (Fsp3) is 0.320. The Morgan fingerprint density at radius 1 is 1.05 bits per heavy atom. The molecule has 2 aromatic carbocycles. The Hall–Kier alpha value is -3.12. The van der Waals surface area contributed by atoms with Gasteiger partial charge in [0.25, 0.3) is 0 Å². The molecule has 2 amide bonds. The lowest BCUT2D eigenvalue weighted by Crippen LogP contribution is -2.45. The summed E-state index contributed by atoms with van der Waals surface area (Å²) in [6.45, 7) is 4.92. The van der Waals surface area contributed by atoms with Gasteiger partial charge in [-0.15, -0.1) is 0 Å². The second-order valence-electron chi connectivity index (χ2n) is 9.50. The number of halogens is 5. The van der Waals surface area contributed by atoms with Gasteiger partial charge in [0.1, 0.15) is 28.4 Å². The zero-order chi connectivity index (χ0) is 28.9. The fourth-order valence-electron chi connectivity index (χ4n) is 3.48. The Labute approximate surface area is 239 Å². The van der Waals surface area contributed by atoms with Crippen molar-refractivity contribution in [2.45, 2.75) is 51.7 Å². The second kappa shape index (κ2) is 12.8. The van der Waals surface area contributed by atoms with Crippen molar-refractivity contribution in [2.24, 2.45) is 0 Å². The molecular weight excluding hydrogens is 579 g/mol. The summed E-state index contributed by atoms with van der Waals surface area (Å²) in [5.41, 5.74) is 2.50. The number of esters is 1. The zero-order valence-corrected chi connectivity index (χ0v) is 23.4. The maximum absolute atomic E-state index is 14.2. The number of ether oxygens (including phenoxy) is 1. The molecule has 1 heterocycles. The molecule has 1 atom stereocenters. The molecule has 0 bridgehead atoms. The lowest BCUT2D eigenvalue weighted by Gasteiger charge is -2.25. The van der Waals surface area contributed by atoms with E-state index in [0.717, 1.165) is 10.7 Å². The molecule has 1 aliphatic rings. The maximum Gasteiger partial charge on any atom is 0.329 e. The summed E-state index contributed by atoms with van der Waals surface area (Å²) in [6.07, 6.45) is 0.635. The third-order valence-electron chi connectivity index (χ3n) is 5.15. The summed E-state index contributed by atoms with van der Waals surface area (Å²) >= 11 is 18.1. The Balaban J connectivity index is 1.66. The number of carbonyl (C=O) groups excluding carboxylic acids is 3. The molecule has 3 rings (SSSR count). The quantitative estimate of drug-likeness (QED) is 0.207. The van der Waals surface area contributed by atoms with Gasteiger partial charge in [-0.1, -0.05) is 29.3 Å². The van der Waals surface area contributed by atoms with Crippen molar-refractivity contribution in [3.63, 3.8) is 0 Å². The van der Waals surface area contributed by atoms with E-state index in [1.54, 1.807) is 32.9 Å². The Morgan fingerprint density at radius 3 is 2.36 bits per heavy atom. The first-order valence-corrected chi connectivity index (χ1v) is 12.8. The summed E-state index contributed by atoms with van der Waals surface area (Å²) in [7, 11) is 0. The van der Waals surface area contributed by atoms with Gasteiger partial charge in [0.05, 0.1) is 17.6 Å². The van der Waals surface area contributed by atoms with E-state index in [0.29, 0.717) is 22.5 Å². The normalized spacial score (nSPS) is 14.4. The van der Waals surface area contributed by atoms with Crippen LogP contribution < -0.4 is 21.1 Å². The lowest BCUT2D eigenvalue weighted by atomic mass is 10.0. The van der Waals surface area contributed by atoms with Crippen LogP contribution in [-0.2, 0) is 25.5 Å². The van der Waals surface area contributed by atoms with Crippen LogP contribution in [0.4, 0.5) is 20.2 Å². The highest BCUT2D eigenvalue weighted by molar-refractivity contribution is 6.31. The van der Waals surface area contributed by atoms with Gasteiger partial charge < -0.3 is 15.4 Å². The highest BCUT2D eigenvalue weighted by atomic mass is 35.5. The number of hydrogen-bond donors (Lipinski definition) is 3. The molecule has 0 radical (unpaired) electrons. The molecule has 0 spiro atoms. The van der Waals surface area contributed by atoms with E-state index in [4.69, 9.17) is 39.7 Å². The highest BCUT2D eigenvalue weighted by Crippen LogP contribution is 2.33. The molecule has 1 aliphatic heterocycles. The van der Waals surface area contributed by atoms with E-state index in [1.165, 1.54) is 23.3 Å². The third kappa shape index (κ3) is 8.96.